The van der Waals surface area contributed by atoms with Gasteiger partial charge in [-0.2, -0.15) is 17.6 Å². The van der Waals surface area contributed by atoms with Gasteiger partial charge in [-0.25, -0.2) is 13.2 Å². The number of aliphatic hydroxyl groups is 1. The number of alkyl halides is 5. The van der Waals surface area contributed by atoms with Gasteiger partial charge in [0.25, 0.3) is 11.8 Å². The van der Waals surface area contributed by atoms with Gasteiger partial charge in [0.2, 0.25) is 5.82 Å². The van der Waals surface area contributed by atoms with Crippen molar-refractivity contribution < 1.29 is 50.1 Å². The van der Waals surface area contributed by atoms with E-state index >= 15 is 0 Å². The minimum Gasteiger partial charge on any atom is -0.484 e. The highest BCUT2D eigenvalue weighted by atomic mass is 19.4. The van der Waals surface area contributed by atoms with E-state index in [1.165, 1.54) is 18.3 Å². The number of hydrogen-bond donors (Lipinski definition) is 2. The number of anilines is 1. The summed E-state index contributed by atoms with van der Waals surface area (Å²) in [6.45, 7) is 0.386. The Morgan fingerprint density at radius 2 is 1.89 bits per heavy atom. The van der Waals surface area contributed by atoms with Crippen LogP contribution in [0.25, 0.3) is 0 Å². The number of aliphatic hydroxyl groups excluding tert-OH is 1. The van der Waals surface area contributed by atoms with E-state index in [0.717, 1.165) is 13.0 Å². The minimum absolute atomic E-state index is 0.0713. The predicted molar refractivity (Wildman–Crippen MR) is 113 cm³/mol. The molecule has 0 unspecified atom stereocenters. The number of halogens is 7. The van der Waals surface area contributed by atoms with Crippen LogP contribution in [0.3, 0.4) is 0 Å². The summed E-state index contributed by atoms with van der Waals surface area (Å²) in [6, 6.07) is 4.06. The van der Waals surface area contributed by atoms with Gasteiger partial charge in [-0.3, -0.25) is 9.78 Å². The van der Waals surface area contributed by atoms with E-state index in [9.17, 15) is 40.6 Å². The van der Waals surface area contributed by atoms with Crippen molar-refractivity contribution in [3.63, 3.8) is 0 Å². The van der Waals surface area contributed by atoms with E-state index in [2.05, 4.69) is 10.3 Å². The molecule has 1 saturated heterocycles. The van der Waals surface area contributed by atoms with Crippen LogP contribution in [0.2, 0.25) is 0 Å². The van der Waals surface area contributed by atoms with Crippen molar-refractivity contribution in [3.8, 4) is 5.75 Å². The lowest BCUT2D eigenvalue weighted by atomic mass is 9.77. The summed E-state index contributed by atoms with van der Waals surface area (Å²) in [5.41, 5.74) is -3.13. The van der Waals surface area contributed by atoms with E-state index in [4.69, 9.17) is 9.47 Å². The molecule has 0 radical (unpaired) electrons. The number of carbonyl (C=O) groups excluding carboxylic acids is 1. The maximum absolute atomic E-state index is 14.7. The summed E-state index contributed by atoms with van der Waals surface area (Å²) < 4.78 is 108. The number of pyridine rings is 1. The molecule has 198 valence electrons. The lowest BCUT2D eigenvalue weighted by molar-refractivity contribution is -0.272. The maximum Gasteiger partial charge on any atom is 0.417 e. The number of ether oxygens (including phenoxy) is 2. The van der Waals surface area contributed by atoms with Crippen LogP contribution in [0.15, 0.2) is 30.5 Å². The van der Waals surface area contributed by atoms with Crippen LogP contribution >= 0.6 is 0 Å². The van der Waals surface area contributed by atoms with E-state index in [1.54, 1.807) is 0 Å². The minimum atomic E-state index is -4.99. The Balaban J connectivity index is 2.09. The summed E-state index contributed by atoms with van der Waals surface area (Å²) in [7, 11) is 0. The average molecular weight is 524 g/mol. The molecule has 2 heterocycles. The van der Waals surface area contributed by atoms with E-state index in [-0.39, 0.29) is 11.4 Å². The van der Waals surface area contributed by atoms with Gasteiger partial charge in [0, 0.05) is 36.2 Å². The zero-order chi connectivity index (χ0) is 27.1. The Morgan fingerprint density at radius 1 is 1.22 bits per heavy atom. The van der Waals surface area contributed by atoms with Crippen LogP contribution in [0.4, 0.5) is 36.4 Å². The molecule has 0 aliphatic carbocycles. The molecule has 1 aromatic heterocycles. The first-order valence-electron chi connectivity index (χ1n) is 10.7. The summed E-state index contributed by atoms with van der Waals surface area (Å²) in [6.07, 6.45) is -5.66. The molecular weight excluding hydrogens is 501 g/mol. The number of hydrogen-bond acceptors (Lipinski definition) is 5. The van der Waals surface area contributed by atoms with Crippen LogP contribution in [0, 0.1) is 17.6 Å². The van der Waals surface area contributed by atoms with Gasteiger partial charge in [-0.05, 0) is 25.1 Å². The third-order valence-corrected chi connectivity index (χ3v) is 6.08. The van der Waals surface area contributed by atoms with Gasteiger partial charge in [-0.15, -0.1) is 0 Å². The molecule has 36 heavy (non-hydrogen) atoms. The maximum atomic E-state index is 14.7. The summed E-state index contributed by atoms with van der Waals surface area (Å²) in [4.78, 5) is 16.9. The third-order valence-electron chi connectivity index (χ3n) is 6.08. The fourth-order valence-corrected chi connectivity index (χ4v) is 4.03. The number of aromatic nitrogens is 1. The van der Waals surface area contributed by atoms with Gasteiger partial charge < -0.3 is 19.9 Å². The number of rotatable bonds is 7. The van der Waals surface area contributed by atoms with E-state index in [0.29, 0.717) is 19.9 Å². The summed E-state index contributed by atoms with van der Waals surface area (Å²) >= 11 is 0. The van der Waals surface area contributed by atoms with Crippen molar-refractivity contribution in [3.05, 3.63) is 53.4 Å². The highest BCUT2D eigenvalue weighted by Gasteiger charge is 2.66. The normalized spacial score (nSPS) is 24.6. The molecule has 1 fully saturated rings. The molecule has 13 heteroatoms. The molecule has 2 aromatic rings. The molecule has 2 N–H and O–H groups in total. The second-order valence-electron chi connectivity index (χ2n) is 8.78. The van der Waals surface area contributed by atoms with Gasteiger partial charge >= 0.3 is 6.18 Å². The molecule has 1 aromatic carbocycles. The van der Waals surface area contributed by atoms with Crippen molar-refractivity contribution in [1.82, 2.24) is 4.98 Å². The van der Waals surface area contributed by atoms with Crippen LogP contribution in [0.5, 0.6) is 5.75 Å². The molecule has 4 atom stereocenters. The third kappa shape index (κ3) is 5.41. The van der Waals surface area contributed by atoms with Crippen molar-refractivity contribution in [2.75, 3.05) is 11.9 Å². The van der Waals surface area contributed by atoms with Crippen molar-refractivity contribution in [1.29, 1.82) is 0 Å². The monoisotopic (exact) mass is 524 g/mol. The molecular formula is C23H23F7N2O4. The number of amides is 1. The first-order valence-corrected chi connectivity index (χ1v) is 10.7. The first kappa shape index (κ1) is 27.7. The quantitative estimate of drug-likeness (QED) is 0.501. The topological polar surface area (TPSA) is 80.7 Å². The lowest BCUT2D eigenvalue weighted by Crippen LogP contribution is -2.47. The van der Waals surface area contributed by atoms with E-state index < -0.39 is 77.7 Å². The number of benzene rings is 1. The number of nitrogens with one attached hydrogen (secondary N) is 1. The van der Waals surface area contributed by atoms with Crippen LogP contribution in [0.1, 0.15) is 37.9 Å². The van der Waals surface area contributed by atoms with Gasteiger partial charge in [-0.1, -0.05) is 13.0 Å². The van der Waals surface area contributed by atoms with Crippen molar-refractivity contribution in [2.45, 2.75) is 57.1 Å². The van der Waals surface area contributed by atoms with Gasteiger partial charge in [0.1, 0.15) is 6.10 Å². The molecule has 1 aliphatic heterocycles. The lowest BCUT2D eigenvalue weighted by Gasteiger charge is -2.32. The highest BCUT2D eigenvalue weighted by molar-refractivity contribution is 5.95. The molecule has 0 spiro atoms. The summed E-state index contributed by atoms with van der Waals surface area (Å²) in [5.74, 6) is -11.9. The fraction of sp³-hybridized carbons (Fsp3) is 0.478. The fourth-order valence-electron chi connectivity index (χ4n) is 4.03. The Hall–Kier alpha value is -2.93. The second kappa shape index (κ2) is 9.85. The first-order chi connectivity index (χ1) is 16.6. The average Bonchev–Trinajstić information content (AvgIpc) is 3.06. The van der Waals surface area contributed by atoms with E-state index in [1.807, 2.05) is 0 Å². The molecule has 1 aliphatic rings. The van der Waals surface area contributed by atoms with Crippen LogP contribution < -0.4 is 10.1 Å². The number of carbonyl (C=O) groups is 1. The zero-order valence-corrected chi connectivity index (χ0v) is 19.3. The largest absolute Gasteiger partial charge is 0.484 e. The molecule has 6 nitrogen and oxygen atoms in total. The Labute approximate surface area is 201 Å². The Kier molecular flexibility index (Phi) is 7.56. The standard InChI is InChI=1S/C23H23F7N2O4/c1-11-16(14-4-5-15(24)17(25)18(14)35-10-21(2,26)27)19(36-22(11,3)23(28,29)30)20(34)32-12-6-7-31-13(8-12)9-33/h4-8,11,16,19,33H,9-10H2,1-3H3,(H,31,32,34)/t11-,16-,19+,22+/m0/s1. The SMILES string of the molecule is C[C@H]1[C@@H](c2ccc(F)c(F)c2OCC(C)(F)F)[C@H](C(=O)Nc2ccnc(CO)c2)O[C@@]1(C)C(F)(F)F. The van der Waals surface area contributed by atoms with Crippen LogP contribution in [-0.4, -0.2) is 46.4 Å². The molecule has 3 rings (SSSR count). The predicted octanol–water partition coefficient (Wildman–Crippen LogP) is 4.96. The Morgan fingerprint density at radius 3 is 2.47 bits per heavy atom. The van der Waals surface area contributed by atoms with Gasteiger partial charge in [0.15, 0.2) is 23.8 Å². The zero-order valence-electron chi connectivity index (χ0n) is 19.3. The number of nitrogens with zero attached hydrogens (tertiary/aromatic N) is 1. The molecule has 0 saturated carbocycles. The van der Waals surface area contributed by atoms with Gasteiger partial charge in [0.05, 0.1) is 12.3 Å². The molecule has 1 amide bonds. The smallest absolute Gasteiger partial charge is 0.417 e. The molecule has 0 bridgehead atoms. The van der Waals surface area contributed by atoms with Crippen molar-refractivity contribution >= 4 is 11.6 Å². The second-order valence-corrected chi connectivity index (χ2v) is 8.78. The van der Waals surface area contributed by atoms with Crippen LogP contribution in [-0.2, 0) is 16.1 Å². The summed E-state index contributed by atoms with van der Waals surface area (Å²) in [5, 5.41) is 11.6. The van der Waals surface area contributed by atoms with Crippen molar-refractivity contribution in [2.24, 2.45) is 5.92 Å². The highest BCUT2D eigenvalue weighted by Crippen LogP contribution is 2.55. The Bertz CT molecular complexity index is 1120.